The van der Waals surface area contributed by atoms with E-state index in [0.29, 0.717) is 18.7 Å². The minimum atomic E-state index is 0.0310. The summed E-state index contributed by atoms with van der Waals surface area (Å²) in [6.07, 6.45) is 0. The predicted molar refractivity (Wildman–Crippen MR) is 75.6 cm³/mol. The number of thioether (sulfide) groups is 1. The van der Waals surface area contributed by atoms with Crippen molar-refractivity contribution in [1.82, 2.24) is 4.90 Å². The van der Waals surface area contributed by atoms with Crippen molar-refractivity contribution >= 4 is 38.8 Å². The van der Waals surface area contributed by atoms with Crippen molar-refractivity contribution in [2.45, 2.75) is 6.92 Å². The summed E-state index contributed by atoms with van der Waals surface area (Å²) < 4.78 is 0.921. The fourth-order valence-electron chi connectivity index (χ4n) is 1.65. The first-order valence-electron chi connectivity index (χ1n) is 5.47. The number of nitrogens with zero attached hydrogens (tertiary/aromatic N) is 2. The molecule has 0 unspecified atom stereocenters. The van der Waals surface area contributed by atoms with Crippen LogP contribution in [0, 0.1) is 0 Å². The van der Waals surface area contributed by atoms with Crippen LogP contribution in [-0.2, 0) is 0 Å². The second-order valence-electron chi connectivity index (χ2n) is 3.56. The fourth-order valence-corrected chi connectivity index (χ4v) is 2.82. The van der Waals surface area contributed by atoms with Gasteiger partial charge in [-0.25, -0.2) is 0 Å². The summed E-state index contributed by atoms with van der Waals surface area (Å²) in [5.41, 5.74) is 0.700. The molecule has 1 aliphatic heterocycles. The normalized spacial score (nSPS) is 14.9. The van der Waals surface area contributed by atoms with Crippen LogP contribution in [0.15, 0.2) is 33.7 Å². The molecule has 0 aliphatic carbocycles. The molecule has 0 atom stereocenters. The maximum atomic E-state index is 12.3. The van der Waals surface area contributed by atoms with Gasteiger partial charge in [-0.1, -0.05) is 40.7 Å². The lowest BCUT2D eigenvalue weighted by molar-refractivity contribution is 0.0860. The first-order chi connectivity index (χ1) is 8.22. The highest BCUT2D eigenvalue weighted by atomic mass is 79.9. The number of halogens is 1. The first kappa shape index (κ1) is 12.6. The molecule has 0 spiro atoms. The number of carbonyl (C=O) groups is 1. The third kappa shape index (κ3) is 2.90. The summed E-state index contributed by atoms with van der Waals surface area (Å²) in [5, 5.41) is 0.845. The Morgan fingerprint density at radius 1 is 1.59 bits per heavy atom. The lowest BCUT2D eigenvalue weighted by atomic mass is 10.2. The van der Waals surface area contributed by atoms with Crippen molar-refractivity contribution in [2.24, 2.45) is 4.99 Å². The van der Waals surface area contributed by atoms with Crippen LogP contribution in [0.25, 0.3) is 0 Å². The van der Waals surface area contributed by atoms with Crippen LogP contribution in [0.5, 0.6) is 0 Å². The minimum absolute atomic E-state index is 0.0310. The zero-order valence-corrected chi connectivity index (χ0v) is 11.9. The standard InChI is InChI=1S/C12H13BrN2OS/c1-2-17-12-14-6-7-15(12)11(16)9-4-3-5-10(13)8-9/h3-5,8H,2,6-7H2,1H3. The molecule has 1 amide bonds. The predicted octanol–water partition coefficient (Wildman–Crippen LogP) is 3.01. The number of amidine groups is 1. The molecule has 1 aromatic carbocycles. The van der Waals surface area contributed by atoms with Crippen molar-refractivity contribution in [2.75, 3.05) is 18.8 Å². The summed E-state index contributed by atoms with van der Waals surface area (Å²) in [6.45, 7) is 3.46. The SMILES string of the molecule is CCSC1=NCCN1C(=O)c1cccc(Br)c1. The molecule has 90 valence electrons. The third-order valence-electron chi connectivity index (χ3n) is 2.39. The number of carbonyl (C=O) groups excluding carboxylic acids is 1. The highest BCUT2D eigenvalue weighted by Crippen LogP contribution is 2.19. The third-order valence-corrected chi connectivity index (χ3v) is 3.78. The second kappa shape index (κ2) is 5.69. The molecule has 0 bridgehead atoms. The maximum Gasteiger partial charge on any atom is 0.259 e. The van der Waals surface area contributed by atoms with Gasteiger partial charge in [0.1, 0.15) is 0 Å². The maximum absolute atomic E-state index is 12.3. The van der Waals surface area contributed by atoms with Gasteiger partial charge in [0.25, 0.3) is 5.91 Å². The van der Waals surface area contributed by atoms with Gasteiger partial charge in [0.15, 0.2) is 5.17 Å². The quantitative estimate of drug-likeness (QED) is 0.841. The van der Waals surface area contributed by atoms with Crippen molar-refractivity contribution in [3.63, 3.8) is 0 Å². The second-order valence-corrected chi connectivity index (χ2v) is 5.71. The average Bonchev–Trinajstić information content (AvgIpc) is 2.77. The molecule has 0 N–H and O–H groups in total. The van der Waals surface area contributed by atoms with Crippen molar-refractivity contribution in [3.05, 3.63) is 34.3 Å². The Bertz CT molecular complexity index is 462. The smallest absolute Gasteiger partial charge is 0.259 e. The van der Waals surface area contributed by atoms with Gasteiger partial charge >= 0.3 is 0 Å². The Balaban J connectivity index is 2.18. The van der Waals surface area contributed by atoms with Gasteiger partial charge in [-0.2, -0.15) is 0 Å². The Labute approximate surface area is 113 Å². The van der Waals surface area contributed by atoms with E-state index in [9.17, 15) is 4.79 Å². The van der Waals surface area contributed by atoms with Crippen LogP contribution in [-0.4, -0.2) is 34.8 Å². The van der Waals surface area contributed by atoms with Gasteiger partial charge in [-0.15, -0.1) is 0 Å². The number of hydrogen-bond donors (Lipinski definition) is 0. The van der Waals surface area contributed by atoms with Gasteiger partial charge in [0.05, 0.1) is 6.54 Å². The lowest BCUT2D eigenvalue weighted by Gasteiger charge is -2.17. The van der Waals surface area contributed by atoms with Crippen LogP contribution < -0.4 is 0 Å². The zero-order valence-electron chi connectivity index (χ0n) is 9.52. The summed E-state index contributed by atoms with van der Waals surface area (Å²) in [6, 6.07) is 7.46. The number of amides is 1. The van der Waals surface area contributed by atoms with Crippen LogP contribution in [0.3, 0.4) is 0 Å². The van der Waals surface area contributed by atoms with E-state index in [0.717, 1.165) is 15.4 Å². The fraction of sp³-hybridized carbons (Fsp3) is 0.333. The molecular weight excluding hydrogens is 300 g/mol. The van der Waals surface area contributed by atoms with Crippen LogP contribution in [0.1, 0.15) is 17.3 Å². The van der Waals surface area contributed by atoms with Crippen LogP contribution in [0.4, 0.5) is 0 Å². The highest BCUT2D eigenvalue weighted by Gasteiger charge is 2.24. The van der Waals surface area contributed by atoms with E-state index in [2.05, 4.69) is 27.8 Å². The molecule has 0 radical (unpaired) electrons. The topological polar surface area (TPSA) is 32.7 Å². The van der Waals surface area contributed by atoms with Gasteiger partial charge < -0.3 is 0 Å². The highest BCUT2D eigenvalue weighted by molar-refractivity contribution is 9.10. The van der Waals surface area contributed by atoms with Crippen molar-refractivity contribution in [1.29, 1.82) is 0 Å². The zero-order chi connectivity index (χ0) is 12.3. The van der Waals surface area contributed by atoms with Gasteiger partial charge in [-0.05, 0) is 24.0 Å². The number of benzene rings is 1. The number of aliphatic imine (C=N–C) groups is 1. The molecule has 1 aromatic rings. The molecule has 17 heavy (non-hydrogen) atoms. The Hall–Kier alpha value is -0.810. The van der Waals surface area contributed by atoms with Gasteiger partial charge in [0, 0.05) is 16.6 Å². The molecule has 3 nitrogen and oxygen atoms in total. The van der Waals surface area contributed by atoms with E-state index in [1.807, 2.05) is 24.3 Å². The lowest BCUT2D eigenvalue weighted by Crippen LogP contribution is -2.32. The molecule has 1 heterocycles. The van der Waals surface area contributed by atoms with Crippen molar-refractivity contribution in [3.8, 4) is 0 Å². The van der Waals surface area contributed by atoms with Crippen LogP contribution in [0.2, 0.25) is 0 Å². The molecule has 0 aromatic heterocycles. The first-order valence-corrected chi connectivity index (χ1v) is 7.25. The van der Waals surface area contributed by atoms with E-state index >= 15 is 0 Å². The van der Waals surface area contributed by atoms with Gasteiger partial charge in [0.2, 0.25) is 0 Å². The molecule has 0 fully saturated rings. The van der Waals surface area contributed by atoms with E-state index < -0.39 is 0 Å². The average molecular weight is 313 g/mol. The molecule has 0 saturated carbocycles. The molecular formula is C12H13BrN2OS. The van der Waals surface area contributed by atoms with E-state index in [-0.39, 0.29) is 5.91 Å². The summed E-state index contributed by atoms with van der Waals surface area (Å²) in [4.78, 5) is 18.4. The van der Waals surface area contributed by atoms with Gasteiger partial charge in [-0.3, -0.25) is 14.7 Å². The monoisotopic (exact) mass is 312 g/mol. The largest absolute Gasteiger partial charge is 0.286 e. The van der Waals surface area contributed by atoms with E-state index in [4.69, 9.17) is 0 Å². The van der Waals surface area contributed by atoms with E-state index in [1.54, 1.807) is 16.7 Å². The van der Waals surface area contributed by atoms with Crippen LogP contribution >= 0.6 is 27.7 Å². The number of hydrogen-bond acceptors (Lipinski definition) is 3. The summed E-state index contributed by atoms with van der Waals surface area (Å²) >= 11 is 5.00. The number of rotatable bonds is 2. The Kier molecular flexibility index (Phi) is 4.23. The Morgan fingerprint density at radius 3 is 3.12 bits per heavy atom. The molecule has 0 saturated heterocycles. The molecule has 2 rings (SSSR count). The molecule has 1 aliphatic rings. The Morgan fingerprint density at radius 2 is 2.41 bits per heavy atom. The summed E-state index contributed by atoms with van der Waals surface area (Å²) in [7, 11) is 0. The summed E-state index contributed by atoms with van der Waals surface area (Å²) in [5.74, 6) is 0.963. The van der Waals surface area contributed by atoms with E-state index in [1.165, 1.54) is 0 Å². The van der Waals surface area contributed by atoms with Crippen molar-refractivity contribution < 1.29 is 4.79 Å². The molecule has 5 heteroatoms. The minimum Gasteiger partial charge on any atom is -0.286 e.